The minimum Gasteiger partial charge on any atom is -0.349 e. The van der Waals surface area contributed by atoms with Crippen molar-refractivity contribution in [3.8, 4) is 0 Å². The van der Waals surface area contributed by atoms with E-state index in [1.165, 1.54) is 12.1 Å². The molecule has 3 rings (SSSR count). The summed E-state index contributed by atoms with van der Waals surface area (Å²) in [5.41, 5.74) is 0.998. The van der Waals surface area contributed by atoms with E-state index in [1.807, 2.05) is 12.1 Å². The van der Waals surface area contributed by atoms with Gasteiger partial charge in [0.15, 0.2) is 0 Å². The second-order valence-electron chi connectivity index (χ2n) is 6.09. The molecule has 1 N–H and O–H groups in total. The number of nitrogens with one attached hydrogen (secondary N) is 1. The van der Waals surface area contributed by atoms with Crippen molar-refractivity contribution in [2.75, 3.05) is 0 Å². The number of hydrogen-bond acceptors (Lipinski definition) is 2. The molecule has 1 aromatic carbocycles. The van der Waals surface area contributed by atoms with Crippen molar-refractivity contribution < 1.29 is 18.0 Å². The van der Waals surface area contributed by atoms with Gasteiger partial charge in [-0.05, 0) is 48.6 Å². The van der Waals surface area contributed by atoms with E-state index in [0.717, 1.165) is 24.1 Å². The highest BCUT2D eigenvalue weighted by molar-refractivity contribution is 5.83. The molecule has 1 aromatic heterocycles. The minimum atomic E-state index is -4.35. The molecule has 126 valence electrons. The molecule has 3 nitrogen and oxygen atoms in total. The van der Waals surface area contributed by atoms with Crippen molar-refractivity contribution in [1.82, 2.24) is 10.3 Å². The van der Waals surface area contributed by atoms with E-state index in [9.17, 15) is 18.0 Å². The lowest BCUT2D eigenvalue weighted by molar-refractivity contribution is -0.137. The fourth-order valence-corrected chi connectivity index (χ4v) is 2.81. The number of nitrogens with zero attached hydrogens (tertiary/aromatic N) is 1. The quantitative estimate of drug-likeness (QED) is 0.915. The highest BCUT2D eigenvalue weighted by Crippen LogP contribution is 2.47. The highest BCUT2D eigenvalue weighted by atomic mass is 19.4. The van der Waals surface area contributed by atoms with Crippen LogP contribution in [0.4, 0.5) is 13.2 Å². The standard InChI is InChI=1S/C18H17F3N2O/c1-11(12-4-6-14(7-5-12)18(19,20)21)23-17(24)16-9-15(16)13-3-2-8-22-10-13/h2-8,10-11,15-16H,9H2,1H3,(H,23,24)/t11-,15+,16-/m0/s1. The largest absolute Gasteiger partial charge is 0.416 e. The molecule has 1 amide bonds. The number of carbonyl (C=O) groups is 1. The Morgan fingerprint density at radius 1 is 1.25 bits per heavy atom. The normalized spacial score (nSPS) is 21.2. The summed E-state index contributed by atoms with van der Waals surface area (Å²) in [6.07, 6.45) is -0.127. The number of hydrogen-bond donors (Lipinski definition) is 1. The molecular weight excluding hydrogens is 317 g/mol. The fourth-order valence-electron chi connectivity index (χ4n) is 2.81. The molecule has 1 aliphatic rings. The van der Waals surface area contributed by atoms with Crippen LogP contribution in [0.1, 0.15) is 42.0 Å². The van der Waals surface area contributed by atoms with Gasteiger partial charge in [0.25, 0.3) is 0 Å². The number of carbonyl (C=O) groups excluding carboxylic acids is 1. The van der Waals surface area contributed by atoms with Crippen LogP contribution in [0.2, 0.25) is 0 Å². The number of halogens is 3. The van der Waals surface area contributed by atoms with Gasteiger partial charge in [-0.2, -0.15) is 13.2 Å². The van der Waals surface area contributed by atoms with E-state index >= 15 is 0 Å². The van der Waals surface area contributed by atoms with Crippen LogP contribution in [0.15, 0.2) is 48.8 Å². The molecule has 0 spiro atoms. The summed E-state index contributed by atoms with van der Waals surface area (Å²) < 4.78 is 37.7. The lowest BCUT2D eigenvalue weighted by Crippen LogP contribution is -2.28. The minimum absolute atomic E-state index is 0.0729. The molecule has 3 atom stereocenters. The summed E-state index contributed by atoms with van der Waals surface area (Å²) in [6, 6.07) is 8.33. The molecule has 0 aliphatic heterocycles. The molecule has 1 heterocycles. The topological polar surface area (TPSA) is 42.0 Å². The summed E-state index contributed by atoms with van der Waals surface area (Å²) in [7, 11) is 0. The van der Waals surface area contributed by atoms with E-state index in [-0.39, 0.29) is 23.8 Å². The van der Waals surface area contributed by atoms with Gasteiger partial charge >= 0.3 is 6.18 Å². The maximum Gasteiger partial charge on any atom is 0.416 e. The highest BCUT2D eigenvalue weighted by Gasteiger charge is 2.44. The molecule has 1 aliphatic carbocycles. The first kappa shape index (κ1) is 16.5. The van der Waals surface area contributed by atoms with E-state index in [0.29, 0.717) is 5.56 Å². The summed E-state index contributed by atoms with van der Waals surface area (Å²) in [5.74, 6) is 0.0147. The van der Waals surface area contributed by atoms with Gasteiger partial charge in [0.1, 0.15) is 0 Å². The summed E-state index contributed by atoms with van der Waals surface area (Å²) in [4.78, 5) is 16.3. The van der Waals surface area contributed by atoms with E-state index in [1.54, 1.807) is 19.3 Å². The lowest BCUT2D eigenvalue weighted by Gasteiger charge is -2.15. The van der Waals surface area contributed by atoms with Crippen molar-refractivity contribution in [2.24, 2.45) is 5.92 Å². The predicted octanol–water partition coefficient (Wildman–Crippen LogP) is 4.08. The number of pyridine rings is 1. The molecule has 0 radical (unpaired) electrons. The summed E-state index contributed by atoms with van der Waals surface area (Å²) in [6.45, 7) is 1.77. The Labute approximate surface area is 137 Å². The molecule has 1 saturated carbocycles. The van der Waals surface area contributed by atoms with Crippen LogP contribution >= 0.6 is 0 Å². The summed E-state index contributed by atoms with van der Waals surface area (Å²) in [5, 5.41) is 2.88. The first-order valence-corrected chi connectivity index (χ1v) is 7.73. The molecular formula is C18H17F3N2O. The predicted molar refractivity (Wildman–Crippen MR) is 83.1 cm³/mol. The molecule has 2 aromatic rings. The number of rotatable bonds is 4. The van der Waals surface area contributed by atoms with Crippen LogP contribution in [0.3, 0.4) is 0 Å². The van der Waals surface area contributed by atoms with E-state index in [2.05, 4.69) is 10.3 Å². The van der Waals surface area contributed by atoms with Gasteiger partial charge in [-0.15, -0.1) is 0 Å². The lowest BCUT2D eigenvalue weighted by atomic mass is 10.1. The van der Waals surface area contributed by atoms with Gasteiger partial charge in [0, 0.05) is 18.3 Å². The number of alkyl halides is 3. The van der Waals surface area contributed by atoms with Gasteiger partial charge in [-0.3, -0.25) is 9.78 Å². The Morgan fingerprint density at radius 2 is 1.96 bits per heavy atom. The monoisotopic (exact) mass is 334 g/mol. The van der Waals surface area contributed by atoms with Crippen molar-refractivity contribution in [3.05, 3.63) is 65.5 Å². The van der Waals surface area contributed by atoms with Crippen molar-refractivity contribution >= 4 is 5.91 Å². The van der Waals surface area contributed by atoms with Crippen LogP contribution in [-0.2, 0) is 11.0 Å². The van der Waals surface area contributed by atoms with Gasteiger partial charge in [-0.25, -0.2) is 0 Å². The van der Waals surface area contributed by atoms with Crippen LogP contribution in [0, 0.1) is 5.92 Å². The van der Waals surface area contributed by atoms with Crippen LogP contribution < -0.4 is 5.32 Å². The number of amides is 1. The Bertz CT molecular complexity index is 713. The van der Waals surface area contributed by atoms with Gasteiger partial charge in [-0.1, -0.05) is 18.2 Å². The Kier molecular flexibility index (Phi) is 4.30. The zero-order chi connectivity index (χ0) is 17.3. The van der Waals surface area contributed by atoms with E-state index in [4.69, 9.17) is 0 Å². The average Bonchev–Trinajstić information content (AvgIpc) is 3.36. The Hall–Kier alpha value is -2.37. The third kappa shape index (κ3) is 3.58. The zero-order valence-corrected chi connectivity index (χ0v) is 13.0. The second-order valence-corrected chi connectivity index (χ2v) is 6.09. The van der Waals surface area contributed by atoms with Crippen molar-refractivity contribution in [2.45, 2.75) is 31.5 Å². The molecule has 0 unspecified atom stereocenters. The van der Waals surface area contributed by atoms with Gasteiger partial charge < -0.3 is 5.32 Å². The van der Waals surface area contributed by atoms with Crippen LogP contribution in [0.5, 0.6) is 0 Å². The van der Waals surface area contributed by atoms with Crippen molar-refractivity contribution in [3.63, 3.8) is 0 Å². The number of benzene rings is 1. The molecule has 24 heavy (non-hydrogen) atoms. The van der Waals surface area contributed by atoms with Crippen molar-refractivity contribution in [1.29, 1.82) is 0 Å². The molecule has 0 saturated heterocycles. The summed E-state index contributed by atoms with van der Waals surface area (Å²) >= 11 is 0. The third-order valence-corrected chi connectivity index (χ3v) is 4.34. The number of aromatic nitrogens is 1. The molecule has 0 bridgehead atoms. The van der Waals surface area contributed by atoms with Crippen LogP contribution in [-0.4, -0.2) is 10.9 Å². The Balaban J connectivity index is 1.59. The smallest absolute Gasteiger partial charge is 0.349 e. The maximum absolute atomic E-state index is 12.6. The van der Waals surface area contributed by atoms with Crippen LogP contribution in [0.25, 0.3) is 0 Å². The average molecular weight is 334 g/mol. The zero-order valence-electron chi connectivity index (χ0n) is 13.0. The molecule has 6 heteroatoms. The maximum atomic E-state index is 12.6. The SMILES string of the molecule is C[C@H](NC(=O)[C@H]1C[C@@H]1c1cccnc1)c1ccc(C(F)(F)F)cc1. The second kappa shape index (κ2) is 6.26. The first-order valence-electron chi connectivity index (χ1n) is 7.73. The fraction of sp³-hybridized carbons (Fsp3) is 0.333. The Morgan fingerprint density at radius 3 is 2.54 bits per heavy atom. The molecule has 1 fully saturated rings. The van der Waals surface area contributed by atoms with Gasteiger partial charge in [0.05, 0.1) is 11.6 Å². The first-order chi connectivity index (χ1) is 11.4. The van der Waals surface area contributed by atoms with E-state index < -0.39 is 11.7 Å². The third-order valence-electron chi connectivity index (χ3n) is 4.34. The van der Waals surface area contributed by atoms with Gasteiger partial charge in [0.2, 0.25) is 5.91 Å².